The summed E-state index contributed by atoms with van der Waals surface area (Å²) in [6.45, 7) is 0.761. The molecule has 0 spiro atoms. The van der Waals surface area contributed by atoms with Crippen molar-refractivity contribution in [2.45, 2.75) is 6.54 Å². The first kappa shape index (κ1) is 17.9. The zero-order valence-corrected chi connectivity index (χ0v) is 15.8. The number of carbonyl (C=O) groups excluding carboxylic acids is 1. The molecule has 2 aromatic heterocycles. The Bertz CT molecular complexity index is 1220. The second-order valence-electron chi connectivity index (χ2n) is 6.67. The number of anilines is 2. The third kappa shape index (κ3) is 3.58. The molecule has 3 heterocycles. The van der Waals surface area contributed by atoms with Gasteiger partial charge in [0.2, 0.25) is 12.7 Å². The summed E-state index contributed by atoms with van der Waals surface area (Å²) in [4.78, 5) is 25.4. The summed E-state index contributed by atoms with van der Waals surface area (Å²) >= 11 is 0. The van der Waals surface area contributed by atoms with Gasteiger partial charge in [-0.15, -0.1) is 0 Å². The molecular weight excluding hydrogens is 382 g/mol. The lowest BCUT2D eigenvalue weighted by atomic mass is 10.2. The molecule has 0 fully saturated rings. The Morgan fingerprint density at radius 3 is 2.70 bits per heavy atom. The first-order chi connectivity index (χ1) is 14.8. The molecule has 148 valence electrons. The van der Waals surface area contributed by atoms with Crippen LogP contribution in [0.15, 0.2) is 67.1 Å². The van der Waals surface area contributed by atoms with E-state index in [9.17, 15) is 4.79 Å². The van der Waals surface area contributed by atoms with Crippen LogP contribution in [0.2, 0.25) is 0 Å². The van der Waals surface area contributed by atoms with Crippen LogP contribution in [0.5, 0.6) is 11.5 Å². The number of benzene rings is 2. The van der Waals surface area contributed by atoms with Gasteiger partial charge in [0.15, 0.2) is 11.5 Å². The summed E-state index contributed by atoms with van der Waals surface area (Å²) in [5.41, 5.74) is 2.74. The fourth-order valence-electron chi connectivity index (χ4n) is 3.17. The van der Waals surface area contributed by atoms with Gasteiger partial charge in [0, 0.05) is 30.5 Å². The number of hydrogen-bond donors (Lipinski definition) is 2. The van der Waals surface area contributed by atoms with Gasteiger partial charge in [-0.05, 0) is 29.8 Å². The van der Waals surface area contributed by atoms with Gasteiger partial charge < -0.3 is 20.1 Å². The van der Waals surface area contributed by atoms with Crippen molar-refractivity contribution in [3.05, 3.63) is 78.2 Å². The number of fused-ring (bicyclic) bond motifs is 2. The number of ether oxygens (including phenoxy) is 2. The SMILES string of the molecule is O=C(Nc1cccc2cccnc12)c1cnc(NCc2ccc3c(c2)OCO3)nc1. The topological polar surface area (TPSA) is 98.3 Å². The summed E-state index contributed by atoms with van der Waals surface area (Å²) in [5, 5.41) is 6.96. The number of carbonyl (C=O) groups is 1. The Hall–Kier alpha value is -4.20. The number of para-hydroxylation sites is 1. The monoisotopic (exact) mass is 399 g/mol. The number of nitrogens with one attached hydrogen (secondary N) is 2. The van der Waals surface area contributed by atoms with Crippen molar-refractivity contribution in [2.24, 2.45) is 0 Å². The van der Waals surface area contributed by atoms with Crippen molar-refractivity contribution in [1.29, 1.82) is 0 Å². The number of hydrogen-bond acceptors (Lipinski definition) is 7. The molecule has 0 bridgehead atoms. The molecule has 8 heteroatoms. The van der Waals surface area contributed by atoms with E-state index >= 15 is 0 Å². The van der Waals surface area contributed by atoms with Crippen molar-refractivity contribution in [2.75, 3.05) is 17.4 Å². The van der Waals surface area contributed by atoms with Crippen LogP contribution in [-0.2, 0) is 6.54 Å². The zero-order valence-electron chi connectivity index (χ0n) is 15.8. The van der Waals surface area contributed by atoms with E-state index < -0.39 is 0 Å². The number of pyridine rings is 1. The van der Waals surface area contributed by atoms with Crippen LogP contribution in [0.25, 0.3) is 10.9 Å². The highest BCUT2D eigenvalue weighted by molar-refractivity contribution is 6.08. The van der Waals surface area contributed by atoms with E-state index in [1.165, 1.54) is 12.4 Å². The summed E-state index contributed by atoms with van der Waals surface area (Å²) in [6.07, 6.45) is 4.67. The highest BCUT2D eigenvalue weighted by atomic mass is 16.7. The van der Waals surface area contributed by atoms with Crippen molar-refractivity contribution in [3.63, 3.8) is 0 Å². The minimum atomic E-state index is -0.296. The van der Waals surface area contributed by atoms with Gasteiger partial charge in [-0.25, -0.2) is 9.97 Å². The van der Waals surface area contributed by atoms with Crippen LogP contribution in [-0.4, -0.2) is 27.7 Å². The number of nitrogens with zero attached hydrogens (tertiary/aromatic N) is 3. The minimum absolute atomic E-state index is 0.244. The lowest BCUT2D eigenvalue weighted by molar-refractivity contribution is 0.102. The van der Waals surface area contributed by atoms with Gasteiger partial charge in [-0.1, -0.05) is 24.3 Å². The van der Waals surface area contributed by atoms with Gasteiger partial charge in [-0.2, -0.15) is 0 Å². The number of rotatable bonds is 5. The molecule has 30 heavy (non-hydrogen) atoms. The molecule has 1 aliphatic heterocycles. The standard InChI is InChI=1S/C22H17N5O3/c28-21(27-17-5-1-3-15-4-2-8-23-20(15)17)16-11-25-22(26-12-16)24-10-14-6-7-18-19(9-14)30-13-29-18/h1-9,11-12H,10,13H2,(H,27,28)(H,24,25,26). The molecule has 0 saturated heterocycles. The second kappa shape index (κ2) is 7.67. The van der Waals surface area contributed by atoms with Crippen LogP contribution >= 0.6 is 0 Å². The van der Waals surface area contributed by atoms with Crippen molar-refractivity contribution >= 4 is 28.4 Å². The predicted octanol–water partition coefficient (Wildman–Crippen LogP) is 3.62. The van der Waals surface area contributed by atoms with Crippen molar-refractivity contribution in [1.82, 2.24) is 15.0 Å². The Morgan fingerprint density at radius 1 is 0.967 bits per heavy atom. The van der Waals surface area contributed by atoms with Crippen LogP contribution in [0.4, 0.5) is 11.6 Å². The predicted molar refractivity (Wildman–Crippen MR) is 112 cm³/mol. The maximum atomic E-state index is 12.6. The Balaban J connectivity index is 1.25. The molecule has 2 aromatic carbocycles. The van der Waals surface area contributed by atoms with Gasteiger partial charge >= 0.3 is 0 Å². The third-order valence-electron chi connectivity index (χ3n) is 4.68. The molecule has 0 aliphatic carbocycles. The quantitative estimate of drug-likeness (QED) is 0.529. The van der Waals surface area contributed by atoms with E-state index in [2.05, 4.69) is 25.6 Å². The van der Waals surface area contributed by atoms with E-state index in [0.717, 1.165) is 28.0 Å². The van der Waals surface area contributed by atoms with E-state index in [4.69, 9.17) is 9.47 Å². The number of amides is 1. The highest BCUT2D eigenvalue weighted by Crippen LogP contribution is 2.32. The molecule has 0 atom stereocenters. The maximum Gasteiger partial charge on any atom is 0.258 e. The summed E-state index contributed by atoms with van der Waals surface area (Å²) < 4.78 is 10.7. The first-order valence-electron chi connectivity index (χ1n) is 9.36. The van der Waals surface area contributed by atoms with Gasteiger partial charge in [-0.3, -0.25) is 9.78 Å². The molecule has 5 rings (SSSR count). The maximum absolute atomic E-state index is 12.6. The lowest BCUT2D eigenvalue weighted by Gasteiger charge is -2.09. The van der Waals surface area contributed by atoms with Crippen LogP contribution in [0.1, 0.15) is 15.9 Å². The lowest BCUT2D eigenvalue weighted by Crippen LogP contribution is -2.14. The Morgan fingerprint density at radius 2 is 1.80 bits per heavy atom. The molecule has 2 N–H and O–H groups in total. The first-order valence-corrected chi connectivity index (χ1v) is 9.36. The summed E-state index contributed by atoms with van der Waals surface area (Å²) in [6, 6.07) is 15.2. The van der Waals surface area contributed by atoms with Gasteiger partial charge in [0.1, 0.15) is 0 Å². The second-order valence-corrected chi connectivity index (χ2v) is 6.67. The third-order valence-corrected chi connectivity index (χ3v) is 4.68. The van der Waals surface area contributed by atoms with Gasteiger partial charge in [0.25, 0.3) is 5.91 Å². The van der Waals surface area contributed by atoms with E-state index in [1.54, 1.807) is 6.20 Å². The van der Waals surface area contributed by atoms with Crippen LogP contribution in [0, 0.1) is 0 Å². The molecule has 8 nitrogen and oxygen atoms in total. The Kier molecular flexibility index (Phi) is 4.57. The molecule has 0 unspecified atom stereocenters. The summed E-state index contributed by atoms with van der Waals surface area (Å²) in [7, 11) is 0. The van der Waals surface area contributed by atoms with Gasteiger partial charge in [0.05, 0.1) is 16.8 Å². The minimum Gasteiger partial charge on any atom is -0.454 e. The van der Waals surface area contributed by atoms with E-state index in [0.29, 0.717) is 23.7 Å². The normalized spacial score (nSPS) is 12.0. The van der Waals surface area contributed by atoms with Crippen LogP contribution < -0.4 is 20.1 Å². The highest BCUT2D eigenvalue weighted by Gasteiger charge is 2.13. The van der Waals surface area contributed by atoms with E-state index in [1.807, 2.05) is 48.5 Å². The molecule has 1 amide bonds. The van der Waals surface area contributed by atoms with Crippen LogP contribution in [0.3, 0.4) is 0 Å². The molecular formula is C22H17N5O3. The smallest absolute Gasteiger partial charge is 0.258 e. The fourth-order valence-corrected chi connectivity index (χ4v) is 3.17. The van der Waals surface area contributed by atoms with Crippen molar-refractivity contribution < 1.29 is 14.3 Å². The molecule has 1 aliphatic rings. The Labute approximate surface area is 171 Å². The fraction of sp³-hybridized carbons (Fsp3) is 0.0909. The molecule has 4 aromatic rings. The average molecular weight is 399 g/mol. The largest absolute Gasteiger partial charge is 0.454 e. The summed E-state index contributed by atoms with van der Waals surface area (Å²) in [5.74, 6) is 1.60. The van der Waals surface area contributed by atoms with Crippen molar-refractivity contribution in [3.8, 4) is 11.5 Å². The molecule has 0 radical (unpaired) electrons. The average Bonchev–Trinajstić information content (AvgIpc) is 3.26. The number of aromatic nitrogens is 3. The zero-order chi connectivity index (χ0) is 20.3. The van der Waals surface area contributed by atoms with E-state index in [-0.39, 0.29) is 12.7 Å². The molecule has 0 saturated carbocycles.